The lowest BCUT2D eigenvalue weighted by Crippen LogP contribution is -2.23. The van der Waals surface area contributed by atoms with Crippen molar-refractivity contribution in [3.05, 3.63) is 82.3 Å². The summed E-state index contributed by atoms with van der Waals surface area (Å²) in [5.41, 5.74) is 4.93. The molecule has 3 rings (SSSR count). The minimum absolute atomic E-state index is 0.0775. The van der Waals surface area contributed by atoms with E-state index in [1.807, 2.05) is 37.3 Å². The maximum Gasteiger partial charge on any atom is 0.271 e. The first kappa shape index (κ1) is 15.0. The van der Waals surface area contributed by atoms with Crippen LogP contribution < -0.4 is 10.9 Å². The van der Waals surface area contributed by atoms with E-state index in [1.54, 1.807) is 13.2 Å². The number of aromatic nitrogens is 2. The summed E-state index contributed by atoms with van der Waals surface area (Å²) in [6, 6.07) is 18.6. The van der Waals surface area contributed by atoms with Crippen LogP contribution in [0.4, 0.5) is 5.69 Å². The number of rotatable bonds is 4. The summed E-state index contributed by atoms with van der Waals surface area (Å²) >= 11 is 0. The quantitative estimate of drug-likeness (QED) is 0.804. The van der Waals surface area contributed by atoms with Crippen LogP contribution in [0.3, 0.4) is 0 Å². The molecule has 0 amide bonds. The van der Waals surface area contributed by atoms with Crippen LogP contribution in [0.2, 0.25) is 0 Å². The molecular weight excluding hydrogens is 286 g/mol. The van der Waals surface area contributed by atoms with Crippen molar-refractivity contribution in [2.75, 3.05) is 5.32 Å². The third-order valence-corrected chi connectivity index (χ3v) is 3.95. The molecule has 116 valence electrons. The van der Waals surface area contributed by atoms with E-state index in [9.17, 15) is 4.79 Å². The van der Waals surface area contributed by atoms with Gasteiger partial charge in [0.2, 0.25) is 0 Å². The van der Waals surface area contributed by atoms with Crippen LogP contribution in [0, 0.1) is 6.92 Å². The maximum atomic E-state index is 11.9. The van der Waals surface area contributed by atoms with Crippen molar-refractivity contribution in [1.29, 1.82) is 0 Å². The molecule has 0 aliphatic heterocycles. The molecule has 2 aromatic carbocycles. The molecule has 3 aromatic rings. The largest absolute Gasteiger partial charge is 0.379 e. The second-order valence-electron chi connectivity index (χ2n) is 5.49. The zero-order chi connectivity index (χ0) is 16.2. The Morgan fingerprint density at radius 2 is 1.74 bits per heavy atom. The molecule has 0 saturated carbocycles. The molecule has 1 heterocycles. The molecule has 0 aliphatic rings. The lowest BCUT2D eigenvalue weighted by atomic mass is 10.00. The topological polar surface area (TPSA) is 46.9 Å². The third kappa shape index (κ3) is 3.16. The van der Waals surface area contributed by atoms with Crippen molar-refractivity contribution in [3.63, 3.8) is 0 Å². The van der Waals surface area contributed by atoms with Crippen molar-refractivity contribution < 1.29 is 0 Å². The van der Waals surface area contributed by atoms with Gasteiger partial charge >= 0.3 is 0 Å². The highest BCUT2D eigenvalue weighted by Gasteiger charge is 2.07. The van der Waals surface area contributed by atoms with Gasteiger partial charge in [0.25, 0.3) is 5.56 Å². The molecule has 1 N–H and O–H groups in total. The fourth-order valence-corrected chi connectivity index (χ4v) is 2.59. The number of anilines is 1. The van der Waals surface area contributed by atoms with Gasteiger partial charge in [0, 0.05) is 19.2 Å². The van der Waals surface area contributed by atoms with E-state index in [4.69, 9.17) is 0 Å². The van der Waals surface area contributed by atoms with Crippen molar-refractivity contribution in [1.82, 2.24) is 9.78 Å². The third-order valence-electron chi connectivity index (χ3n) is 3.95. The van der Waals surface area contributed by atoms with Gasteiger partial charge in [0.05, 0.1) is 11.9 Å². The molecule has 4 nitrogen and oxygen atoms in total. The summed E-state index contributed by atoms with van der Waals surface area (Å²) in [6.45, 7) is 2.45. The van der Waals surface area contributed by atoms with Gasteiger partial charge in [-0.2, -0.15) is 5.10 Å². The molecule has 0 radical (unpaired) electrons. The van der Waals surface area contributed by atoms with E-state index in [0.717, 1.165) is 5.69 Å². The van der Waals surface area contributed by atoms with Crippen LogP contribution in [0.15, 0.2) is 65.6 Å². The minimum Gasteiger partial charge on any atom is -0.379 e. The highest BCUT2D eigenvalue weighted by molar-refractivity contribution is 5.67. The van der Waals surface area contributed by atoms with Gasteiger partial charge in [0.1, 0.15) is 0 Å². The molecule has 1 aromatic heterocycles. The SMILES string of the molecule is Cc1c(NCc2ccccc2-c2ccccc2)cnn(C)c1=O. The lowest BCUT2D eigenvalue weighted by molar-refractivity contribution is 0.701. The van der Waals surface area contributed by atoms with Gasteiger partial charge in [-0.05, 0) is 23.6 Å². The standard InChI is InChI=1S/C19H19N3O/c1-14-18(13-21-22(2)19(14)23)20-12-16-10-6-7-11-17(16)15-8-4-3-5-9-15/h3-11,13,20H,12H2,1-2H3. The Morgan fingerprint density at radius 3 is 2.52 bits per heavy atom. The summed E-state index contributed by atoms with van der Waals surface area (Å²) in [5, 5.41) is 7.41. The summed E-state index contributed by atoms with van der Waals surface area (Å²) < 4.78 is 1.35. The van der Waals surface area contributed by atoms with Gasteiger partial charge in [0.15, 0.2) is 0 Å². The van der Waals surface area contributed by atoms with E-state index in [2.05, 4.69) is 34.7 Å². The zero-order valence-electron chi connectivity index (χ0n) is 13.3. The van der Waals surface area contributed by atoms with Gasteiger partial charge in [-0.25, -0.2) is 4.68 Å². The second-order valence-corrected chi connectivity index (χ2v) is 5.49. The Kier molecular flexibility index (Phi) is 4.24. The Bertz CT molecular complexity index is 869. The van der Waals surface area contributed by atoms with Crippen molar-refractivity contribution in [3.8, 4) is 11.1 Å². The summed E-state index contributed by atoms with van der Waals surface area (Å²) in [5.74, 6) is 0. The van der Waals surface area contributed by atoms with Gasteiger partial charge in [-0.15, -0.1) is 0 Å². The number of aryl methyl sites for hydroxylation is 1. The van der Waals surface area contributed by atoms with E-state index in [1.165, 1.54) is 21.4 Å². The summed E-state index contributed by atoms with van der Waals surface area (Å²) in [6.07, 6.45) is 1.70. The maximum absolute atomic E-state index is 11.9. The van der Waals surface area contributed by atoms with Gasteiger partial charge in [-0.1, -0.05) is 54.6 Å². The molecule has 0 atom stereocenters. The number of hydrogen-bond donors (Lipinski definition) is 1. The Hall–Kier alpha value is -2.88. The van der Waals surface area contributed by atoms with Crippen LogP contribution in [0.25, 0.3) is 11.1 Å². The van der Waals surface area contributed by atoms with Crippen molar-refractivity contribution >= 4 is 5.69 Å². The monoisotopic (exact) mass is 305 g/mol. The van der Waals surface area contributed by atoms with Crippen LogP contribution in [0.5, 0.6) is 0 Å². The predicted molar refractivity (Wildman–Crippen MR) is 93.4 cm³/mol. The van der Waals surface area contributed by atoms with Crippen LogP contribution in [0.1, 0.15) is 11.1 Å². The molecule has 0 aliphatic carbocycles. The van der Waals surface area contributed by atoms with Crippen LogP contribution in [-0.4, -0.2) is 9.78 Å². The predicted octanol–water partition coefficient (Wildman–Crippen LogP) is 3.37. The fourth-order valence-electron chi connectivity index (χ4n) is 2.59. The molecule has 0 unspecified atom stereocenters. The summed E-state index contributed by atoms with van der Waals surface area (Å²) in [7, 11) is 1.66. The molecule has 0 fully saturated rings. The second kappa shape index (κ2) is 6.48. The highest BCUT2D eigenvalue weighted by Crippen LogP contribution is 2.24. The van der Waals surface area contributed by atoms with Gasteiger partial charge in [-0.3, -0.25) is 4.79 Å². The van der Waals surface area contributed by atoms with Gasteiger partial charge < -0.3 is 5.32 Å². The number of nitrogens with one attached hydrogen (secondary N) is 1. The Morgan fingerprint density at radius 1 is 1.04 bits per heavy atom. The number of nitrogens with zero attached hydrogens (tertiary/aromatic N) is 2. The van der Waals surface area contributed by atoms with Crippen LogP contribution >= 0.6 is 0 Å². The van der Waals surface area contributed by atoms with E-state index in [-0.39, 0.29) is 5.56 Å². The Labute approximate surface area is 135 Å². The number of hydrogen-bond acceptors (Lipinski definition) is 3. The smallest absolute Gasteiger partial charge is 0.271 e. The lowest BCUT2D eigenvalue weighted by Gasteiger charge is -2.13. The first-order valence-electron chi connectivity index (χ1n) is 7.57. The fraction of sp³-hybridized carbons (Fsp3) is 0.158. The molecular formula is C19H19N3O. The van der Waals surface area contributed by atoms with Crippen molar-refractivity contribution in [2.24, 2.45) is 7.05 Å². The van der Waals surface area contributed by atoms with E-state index in [0.29, 0.717) is 12.1 Å². The molecule has 0 bridgehead atoms. The minimum atomic E-state index is -0.0775. The molecule has 0 spiro atoms. The molecule has 4 heteroatoms. The summed E-state index contributed by atoms with van der Waals surface area (Å²) in [4.78, 5) is 11.9. The molecule has 0 saturated heterocycles. The first-order chi connectivity index (χ1) is 11.2. The first-order valence-corrected chi connectivity index (χ1v) is 7.57. The normalized spacial score (nSPS) is 10.5. The van der Waals surface area contributed by atoms with E-state index < -0.39 is 0 Å². The molecule has 23 heavy (non-hydrogen) atoms. The van der Waals surface area contributed by atoms with Crippen molar-refractivity contribution in [2.45, 2.75) is 13.5 Å². The average Bonchev–Trinajstić information content (AvgIpc) is 2.60. The Balaban J connectivity index is 1.88. The van der Waals surface area contributed by atoms with E-state index >= 15 is 0 Å². The highest BCUT2D eigenvalue weighted by atomic mass is 16.1. The number of benzene rings is 2. The average molecular weight is 305 g/mol. The zero-order valence-corrected chi connectivity index (χ0v) is 13.3. The van der Waals surface area contributed by atoms with Crippen LogP contribution in [-0.2, 0) is 13.6 Å².